The predicted octanol–water partition coefficient (Wildman–Crippen LogP) is 9.27. The van der Waals surface area contributed by atoms with Gasteiger partial charge < -0.3 is 4.74 Å². The smallest absolute Gasteiger partial charge is 0.272 e. The standard InChI is InChI=1S/C28H44F4OSi/c1-2-3-6-15-34-16-13-22(14-17-34)8-5-4-7-21-9-11-23(12-10-21)24-18-25(29)28(26(30)19-24)33-20-27(31)32/h18-19,21-23,27,34H,2-17,20H2,1H3. The zero-order valence-electron chi connectivity index (χ0n) is 21.0. The Kier molecular flexibility index (Phi) is 11.7. The summed E-state index contributed by atoms with van der Waals surface area (Å²) < 4.78 is 57.7. The molecule has 1 aliphatic heterocycles. The molecule has 34 heavy (non-hydrogen) atoms. The molecule has 0 unspecified atom stereocenters. The van der Waals surface area contributed by atoms with Crippen LogP contribution in [0.3, 0.4) is 0 Å². The van der Waals surface area contributed by atoms with Gasteiger partial charge in [-0.05, 0) is 61.1 Å². The van der Waals surface area contributed by atoms with E-state index in [1.54, 1.807) is 18.1 Å². The Labute approximate surface area is 205 Å². The second-order valence-electron chi connectivity index (χ2n) is 10.9. The van der Waals surface area contributed by atoms with Crippen molar-refractivity contribution in [3.63, 3.8) is 0 Å². The first-order chi connectivity index (χ1) is 16.5. The van der Waals surface area contributed by atoms with Crippen molar-refractivity contribution in [3.05, 3.63) is 29.3 Å². The molecule has 1 aromatic carbocycles. The molecule has 0 spiro atoms. The highest BCUT2D eigenvalue weighted by Gasteiger charge is 2.25. The fourth-order valence-electron chi connectivity index (χ4n) is 6.24. The highest BCUT2D eigenvalue weighted by atomic mass is 28.3. The molecule has 1 aliphatic carbocycles. The number of hydrogen-bond acceptors (Lipinski definition) is 1. The Morgan fingerprint density at radius 2 is 1.44 bits per heavy atom. The molecule has 0 bridgehead atoms. The molecule has 2 aliphatic rings. The minimum absolute atomic E-state index is 0.140. The quantitative estimate of drug-likeness (QED) is 0.149. The summed E-state index contributed by atoms with van der Waals surface area (Å²) in [7, 11) is -0.394. The van der Waals surface area contributed by atoms with Crippen LogP contribution in [0.5, 0.6) is 5.75 Å². The van der Waals surface area contributed by atoms with E-state index in [0.717, 1.165) is 37.5 Å². The fraction of sp³-hybridized carbons (Fsp3) is 0.786. The summed E-state index contributed by atoms with van der Waals surface area (Å²) in [5.74, 6) is -0.610. The maximum Gasteiger partial charge on any atom is 0.272 e. The van der Waals surface area contributed by atoms with Crippen molar-refractivity contribution in [3.8, 4) is 5.75 Å². The average molecular weight is 501 g/mol. The third-order valence-corrected chi connectivity index (χ3v) is 11.9. The summed E-state index contributed by atoms with van der Waals surface area (Å²) in [6, 6.07) is 7.30. The number of rotatable bonds is 13. The minimum atomic E-state index is -2.76. The first kappa shape index (κ1) is 27.5. The average Bonchev–Trinajstić information content (AvgIpc) is 2.82. The van der Waals surface area contributed by atoms with Crippen molar-refractivity contribution in [2.75, 3.05) is 6.61 Å². The van der Waals surface area contributed by atoms with Crippen LogP contribution in [0, 0.1) is 23.5 Å². The van der Waals surface area contributed by atoms with Crippen molar-refractivity contribution < 1.29 is 22.3 Å². The van der Waals surface area contributed by atoms with Crippen molar-refractivity contribution in [2.24, 2.45) is 11.8 Å². The van der Waals surface area contributed by atoms with Crippen LogP contribution < -0.4 is 4.74 Å². The van der Waals surface area contributed by atoms with Crippen LogP contribution in [0.2, 0.25) is 18.1 Å². The summed E-state index contributed by atoms with van der Waals surface area (Å²) in [6.07, 6.45) is 13.9. The molecule has 0 N–H and O–H groups in total. The fourth-order valence-corrected chi connectivity index (χ4v) is 9.86. The van der Waals surface area contributed by atoms with E-state index in [4.69, 9.17) is 0 Å². The van der Waals surface area contributed by atoms with Gasteiger partial charge in [0.05, 0.1) is 0 Å². The molecule has 0 atom stereocenters. The Bertz CT molecular complexity index is 689. The van der Waals surface area contributed by atoms with Gasteiger partial charge >= 0.3 is 0 Å². The van der Waals surface area contributed by atoms with Gasteiger partial charge in [-0.1, -0.05) is 82.8 Å². The van der Waals surface area contributed by atoms with Crippen LogP contribution in [0.15, 0.2) is 12.1 Å². The largest absolute Gasteiger partial charge is 0.482 e. The summed E-state index contributed by atoms with van der Waals surface area (Å²) in [5, 5.41) is 0. The maximum absolute atomic E-state index is 14.2. The van der Waals surface area contributed by atoms with E-state index in [9.17, 15) is 17.6 Å². The second kappa shape index (κ2) is 14.5. The van der Waals surface area contributed by atoms with Crippen molar-refractivity contribution in [1.82, 2.24) is 0 Å². The number of benzene rings is 1. The molecule has 1 saturated carbocycles. The molecular formula is C28H44F4OSi. The van der Waals surface area contributed by atoms with Gasteiger partial charge in [-0.15, -0.1) is 0 Å². The van der Waals surface area contributed by atoms with E-state index in [0.29, 0.717) is 5.56 Å². The van der Waals surface area contributed by atoms with Crippen LogP contribution in [0.25, 0.3) is 0 Å². The van der Waals surface area contributed by atoms with Crippen molar-refractivity contribution in [2.45, 2.75) is 121 Å². The molecule has 1 heterocycles. The van der Waals surface area contributed by atoms with Gasteiger partial charge in [-0.2, -0.15) is 0 Å². The molecule has 194 valence electrons. The third kappa shape index (κ3) is 8.87. The lowest BCUT2D eigenvalue weighted by molar-refractivity contribution is 0.0777. The highest BCUT2D eigenvalue weighted by Crippen LogP contribution is 2.40. The number of halogens is 4. The normalized spacial score (nSPS) is 25.6. The number of alkyl halides is 2. The number of ether oxygens (including phenoxy) is 1. The summed E-state index contributed by atoms with van der Waals surface area (Å²) in [5.41, 5.74) is 0.631. The zero-order valence-corrected chi connectivity index (χ0v) is 22.1. The molecule has 3 rings (SSSR count). The first-order valence-corrected chi connectivity index (χ1v) is 16.3. The van der Waals surface area contributed by atoms with Gasteiger partial charge in [0.15, 0.2) is 17.4 Å². The summed E-state index contributed by atoms with van der Waals surface area (Å²) in [6.45, 7) is 1.30. The molecule has 1 nitrogen and oxygen atoms in total. The van der Waals surface area contributed by atoms with Gasteiger partial charge in [0, 0.05) is 8.80 Å². The van der Waals surface area contributed by atoms with E-state index in [1.807, 2.05) is 0 Å². The lowest BCUT2D eigenvalue weighted by Gasteiger charge is -2.30. The first-order valence-electron chi connectivity index (χ1n) is 13.9. The van der Waals surface area contributed by atoms with Gasteiger partial charge in [-0.25, -0.2) is 17.6 Å². The second-order valence-corrected chi connectivity index (χ2v) is 14.4. The Balaban J connectivity index is 1.31. The highest BCUT2D eigenvalue weighted by molar-refractivity contribution is 6.58. The minimum Gasteiger partial charge on any atom is -0.482 e. The topological polar surface area (TPSA) is 9.23 Å². The lowest BCUT2D eigenvalue weighted by Crippen LogP contribution is -2.21. The zero-order chi connectivity index (χ0) is 24.3. The van der Waals surface area contributed by atoms with E-state index >= 15 is 0 Å². The molecule has 0 amide bonds. The molecule has 2 fully saturated rings. The maximum atomic E-state index is 14.2. The number of unbranched alkanes of at least 4 members (excludes halogenated alkanes) is 3. The van der Waals surface area contributed by atoms with Gasteiger partial charge in [-0.3, -0.25) is 0 Å². The SMILES string of the molecule is CCCCC[SiH]1CCC(CCCCC2CCC(c3cc(F)c(OCC(F)F)c(F)c3)CC2)CC1. The van der Waals surface area contributed by atoms with Gasteiger partial charge in [0.2, 0.25) is 0 Å². The van der Waals surface area contributed by atoms with Crippen LogP contribution >= 0.6 is 0 Å². The van der Waals surface area contributed by atoms with E-state index in [-0.39, 0.29) is 5.92 Å². The molecule has 0 aromatic heterocycles. The predicted molar refractivity (Wildman–Crippen MR) is 135 cm³/mol. The Hall–Kier alpha value is -1.04. The van der Waals surface area contributed by atoms with E-state index in [2.05, 4.69) is 11.7 Å². The summed E-state index contributed by atoms with van der Waals surface area (Å²) in [4.78, 5) is 0. The van der Waals surface area contributed by atoms with Crippen molar-refractivity contribution in [1.29, 1.82) is 0 Å². The summed E-state index contributed by atoms with van der Waals surface area (Å²) >= 11 is 0. The van der Waals surface area contributed by atoms with Gasteiger partial charge in [0.1, 0.15) is 6.61 Å². The third-order valence-electron chi connectivity index (χ3n) is 8.35. The lowest BCUT2D eigenvalue weighted by atomic mass is 9.77. The van der Waals surface area contributed by atoms with Crippen LogP contribution in [0.1, 0.15) is 102 Å². The molecule has 6 heteroatoms. The monoisotopic (exact) mass is 500 g/mol. The van der Waals surface area contributed by atoms with Gasteiger partial charge in [0.25, 0.3) is 6.43 Å². The van der Waals surface area contributed by atoms with Crippen LogP contribution in [-0.4, -0.2) is 21.8 Å². The van der Waals surface area contributed by atoms with Crippen LogP contribution in [-0.2, 0) is 0 Å². The molecular weight excluding hydrogens is 456 g/mol. The number of hydrogen-bond donors (Lipinski definition) is 0. The molecule has 0 radical (unpaired) electrons. The van der Waals surface area contributed by atoms with Crippen LogP contribution in [0.4, 0.5) is 17.6 Å². The Morgan fingerprint density at radius 1 is 0.853 bits per heavy atom. The van der Waals surface area contributed by atoms with E-state index in [1.165, 1.54) is 69.9 Å². The molecule has 1 aromatic rings. The Morgan fingerprint density at radius 3 is 2.00 bits per heavy atom. The van der Waals surface area contributed by atoms with Crippen molar-refractivity contribution >= 4 is 8.80 Å². The molecule has 1 saturated heterocycles. The van der Waals surface area contributed by atoms with E-state index < -0.39 is 39.2 Å².